The maximum atomic E-state index is 6.28. The van der Waals surface area contributed by atoms with Gasteiger partial charge in [0.15, 0.2) is 12.1 Å². The molecule has 0 spiro atoms. The summed E-state index contributed by atoms with van der Waals surface area (Å²) < 4.78 is 24.5. The predicted molar refractivity (Wildman–Crippen MR) is 101 cm³/mol. The molecular formula is C22H25NO4. The Kier molecular flexibility index (Phi) is 4.20. The maximum absolute atomic E-state index is 6.28. The SMILES string of the molecule is CC1(C)O[C@H]2O[C@@H]3CN(Cc4ccccc4)c4ccccc4CO[C@@H]3[C@H]2O1. The normalized spacial score (nSPS) is 31.6. The van der Waals surface area contributed by atoms with Gasteiger partial charge in [-0.2, -0.15) is 0 Å². The quantitative estimate of drug-likeness (QED) is 0.813. The molecule has 0 unspecified atom stereocenters. The Hall–Kier alpha value is -1.92. The second-order valence-electron chi connectivity index (χ2n) is 7.91. The minimum absolute atomic E-state index is 0.0897. The van der Waals surface area contributed by atoms with Crippen LogP contribution in [0.1, 0.15) is 25.0 Å². The minimum Gasteiger partial charge on any atom is -0.368 e. The molecular weight excluding hydrogens is 342 g/mol. The van der Waals surface area contributed by atoms with Crippen LogP contribution in [0.25, 0.3) is 0 Å². The Balaban J connectivity index is 1.45. The van der Waals surface area contributed by atoms with Crippen LogP contribution in [-0.2, 0) is 32.1 Å². The number of fused-ring (bicyclic) bond motifs is 4. The predicted octanol–water partition coefficient (Wildman–Crippen LogP) is 3.47. The molecule has 3 aliphatic rings. The summed E-state index contributed by atoms with van der Waals surface area (Å²) in [7, 11) is 0. The number of hydrogen-bond donors (Lipinski definition) is 0. The van der Waals surface area contributed by atoms with Crippen LogP contribution in [0.4, 0.5) is 5.69 Å². The average molecular weight is 367 g/mol. The van der Waals surface area contributed by atoms with Crippen molar-refractivity contribution < 1.29 is 18.9 Å². The zero-order chi connectivity index (χ0) is 18.4. The zero-order valence-corrected chi connectivity index (χ0v) is 15.7. The summed E-state index contributed by atoms with van der Waals surface area (Å²) in [6, 6.07) is 19.0. The molecule has 0 radical (unpaired) electrons. The summed E-state index contributed by atoms with van der Waals surface area (Å²) in [6.07, 6.45) is -0.778. The average Bonchev–Trinajstić information content (AvgIpc) is 3.10. The highest BCUT2D eigenvalue weighted by Gasteiger charge is 2.56. The van der Waals surface area contributed by atoms with E-state index >= 15 is 0 Å². The number of nitrogens with zero attached hydrogens (tertiary/aromatic N) is 1. The number of hydrogen-bond acceptors (Lipinski definition) is 5. The molecule has 0 bridgehead atoms. The molecule has 0 aliphatic carbocycles. The molecule has 0 amide bonds. The van der Waals surface area contributed by atoms with Crippen LogP contribution < -0.4 is 4.90 Å². The van der Waals surface area contributed by atoms with E-state index < -0.39 is 5.79 Å². The van der Waals surface area contributed by atoms with Crippen molar-refractivity contribution >= 4 is 5.69 Å². The van der Waals surface area contributed by atoms with Gasteiger partial charge < -0.3 is 23.8 Å². The Morgan fingerprint density at radius 1 is 0.963 bits per heavy atom. The summed E-state index contributed by atoms with van der Waals surface area (Å²) in [5, 5.41) is 0. The fourth-order valence-electron chi connectivity index (χ4n) is 4.29. The van der Waals surface area contributed by atoms with Gasteiger partial charge in [-0.15, -0.1) is 0 Å². The van der Waals surface area contributed by atoms with Gasteiger partial charge in [-0.3, -0.25) is 0 Å². The van der Waals surface area contributed by atoms with E-state index in [1.807, 2.05) is 19.9 Å². The highest BCUT2D eigenvalue weighted by atomic mass is 16.8. The minimum atomic E-state index is -0.631. The van der Waals surface area contributed by atoms with Crippen molar-refractivity contribution in [2.24, 2.45) is 0 Å². The van der Waals surface area contributed by atoms with Crippen molar-refractivity contribution in [3.8, 4) is 0 Å². The highest BCUT2D eigenvalue weighted by molar-refractivity contribution is 5.54. The molecule has 142 valence electrons. The smallest absolute Gasteiger partial charge is 0.190 e. The van der Waals surface area contributed by atoms with Crippen molar-refractivity contribution in [3.05, 3.63) is 65.7 Å². The van der Waals surface area contributed by atoms with Crippen molar-refractivity contribution in [1.29, 1.82) is 0 Å². The summed E-state index contributed by atoms with van der Waals surface area (Å²) >= 11 is 0. The van der Waals surface area contributed by atoms with Crippen molar-refractivity contribution in [1.82, 2.24) is 0 Å². The number of para-hydroxylation sites is 1. The van der Waals surface area contributed by atoms with Gasteiger partial charge in [0, 0.05) is 24.3 Å². The van der Waals surface area contributed by atoms with E-state index in [0.29, 0.717) is 6.61 Å². The van der Waals surface area contributed by atoms with E-state index in [0.717, 1.165) is 13.1 Å². The van der Waals surface area contributed by atoms with Crippen molar-refractivity contribution in [3.63, 3.8) is 0 Å². The van der Waals surface area contributed by atoms with E-state index in [-0.39, 0.29) is 24.6 Å². The first-order valence-corrected chi connectivity index (χ1v) is 9.58. The van der Waals surface area contributed by atoms with Crippen LogP contribution in [0.2, 0.25) is 0 Å². The van der Waals surface area contributed by atoms with E-state index in [1.54, 1.807) is 0 Å². The van der Waals surface area contributed by atoms with Gasteiger partial charge in [0.05, 0.1) is 6.61 Å². The first-order chi connectivity index (χ1) is 13.1. The van der Waals surface area contributed by atoms with Gasteiger partial charge in [-0.05, 0) is 25.5 Å². The van der Waals surface area contributed by atoms with Crippen LogP contribution >= 0.6 is 0 Å². The van der Waals surface area contributed by atoms with E-state index in [4.69, 9.17) is 18.9 Å². The highest BCUT2D eigenvalue weighted by Crippen LogP contribution is 2.41. The van der Waals surface area contributed by atoms with E-state index in [9.17, 15) is 0 Å². The maximum Gasteiger partial charge on any atom is 0.190 e. The fraction of sp³-hybridized carbons (Fsp3) is 0.455. The Labute approximate surface area is 159 Å². The fourth-order valence-corrected chi connectivity index (χ4v) is 4.29. The molecule has 2 fully saturated rings. The molecule has 0 saturated carbocycles. The van der Waals surface area contributed by atoms with Crippen LogP contribution in [0.15, 0.2) is 54.6 Å². The second-order valence-corrected chi connectivity index (χ2v) is 7.91. The third kappa shape index (κ3) is 3.25. The first kappa shape index (κ1) is 17.2. The van der Waals surface area contributed by atoms with Crippen molar-refractivity contribution in [2.75, 3.05) is 11.4 Å². The Morgan fingerprint density at radius 3 is 2.59 bits per heavy atom. The van der Waals surface area contributed by atoms with Gasteiger partial charge in [0.25, 0.3) is 0 Å². The summed E-state index contributed by atoms with van der Waals surface area (Å²) in [5.41, 5.74) is 3.66. The van der Waals surface area contributed by atoms with Gasteiger partial charge in [0.1, 0.15) is 18.3 Å². The molecule has 2 saturated heterocycles. The van der Waals surface area contributed by atoms with Gasteiger partial charge in [-0.25, -0.2) is 0 Å². The molecule has 27 heavy (non-hydrogen) atoms. The lowest BCUT2D eigenvalue weighted by Crippen LogP contribution is -2.44. The van der Waals surface area contributed by atoms with Gasteiger partial charge in [-0.1, -0.05) is 48.5 Å². The van der Waals surface area contributed by atoms with Crippen LogP contribution in [0, 0.1) is 0 Å². The number of ether oxygens (including phenoxy) is 4. The van der Waals surface area contributed by atoms with Crippen molar-refractivity contribution in [2.45, 2.75) is 57.4 Å². The molecule has 0 aromatic heterocycles. The van der Waals surface area contributed by atoms with E-state index in [1.165, 1.54) is 16.8 Å². The largest absolute Gasteiger partial charge is 0.368 e. The second kappa shape index (κ2) is 6.60. The van der Waals surface area contributed by atoms with Crippen LogP contribution in [0.5, 0.6) is 0 Å². The lowest BCUT2D eigenvalue weighted by atomic mass is 10.0. The monoisotopic (exact) mass is 367 g/mol. The summed E-state index contributed by atoms with van der Waals surface area (Å²) in [4.78, 5) is 2.39. The number of rotatable bonds is 2. The zero-order valence-electron chi connectivity index (χ0n) is 15.7. The molecule has 5 nitrogen and oxygen atoms in total. The molecule has 0 N–H and O–H groups in total. The Bertz CT molecular complexity index is 809. The lowest BCUT2D eigenvalue weighted by Gasteiger charge is -2.35. The van der Waals surface area contributed by atoms with Crippen LogP contribution in [-0.4, -0.2) is 36.9 Å². The number of anilines is 1. The molecule has 3 heterocycles. The molecule has 5 rings (SSSR count). The molecule has 4 atom stereocenters. The standard InChI is InChI=1S/C22H25NO4/c1-22(2)26-20-19-18(25-21(20)27-22)13-23(12-15-8-4-3-5-9-15)17-11-7-6-10-16(17)14-24-19/h3-11,18-21H,12-14H2,1-2H3/t18-,19+,20-,21-/m1/s1. The van der Waals surface area contributed by atoms with Gasteiger partial charge >= 0.3 is 0 Å². The Morgan fingerprint density at radius 2 is 1.74 bits per heavy atom. The third-order valence-electron chi connectivity index (χ3n) is 5.47. The third-order valence-corrected chi connectivity index (χ3v) is 5.47. The number of benzene rings is 2. The van der Waals surface area contributed by atoms with Gasteiger partial charge in [0.2, 0.25) is 0 Å². The summed E-state index contributed by atoms with van der Waals surface area (Å²) in [6.45, 7) is 5.94. The molecule has 2 aromatic carbocycles. The molecule has 2 aromatic rings. The van der Waals surface area contributed by atoms with E-state index in [2.05, 4.69) is 53.4 Å². The molecule has 3 aliphatic heterocycles. The van der Waals surface area contributed by atoms with Crippen LogP contribution in [0.3, 0.4) is 0 Å². The first-order valence-electron chi connectivity index (χ1n) is 9.58. The molecule has 5 heteroatoms. The summed E-state index contributed by atoms with van der Waals surface area (Å²) in [5.74, 6) is -0.631. The topological polar surface area (TPSA) is 40.2 Å². The lowest BCUT2D eigenvalue weighted by molar-refractivity contribution is -0.218.